The molecule has 0 unspecified atom stereocenters. The van der Waals surface area contributed by atoms with Crippen LogP contribution in [0.3, 0.4) is 0 Å². The predicted molar refractivity (Wildman–Crippen MR) is 66.4 cm³/mol. The second-order valence-electron chi connectivity index (χ2n) is 4.92. The fraction of sp³-hybridized carbons (Fsp3) is 0.538. The highest BCUT2D eigenvalue weighted by atomic mass is 35.5. The van der Waals surface area contributed by atoms with Gasteiger partial charge in [0, 0.05) is 6.04 Å². The monoisotopic (exact) mass is 241 g/mol. The SMILES string of the molecule is CC(C)C1CC(Nc2cccc(Cl)c2F)C1. The molecule has 1 aromatic rings. The molecule has 0 spiro atoms. The van der Waals surface area contributed by atoms with E-state index in [0.717, 1.165) is 24.7 Å². The third kappa shape index (κ3) is 2.32. The van der Waals surface area contributed by atoms with Crippen LogP contribution in [0.25, 0.3) is 0 Å². The molecule has 1 saturated carbocycles. The van der Waals surface area contributed by atoms with Crippen LogP contribution < -0.4 is 5.32 Å². The molecule has 1 aliphatic carbocycles. The Labute approximate surface area is 101 Å². The maximum atomic E-state index is 13.6. The molecule has 0 aliphatic heterocycles. The Kier molecular flexibility index (Phi) is 3.38. The zero-order chi connectivity index (χ0) is 11.7. The average molecular weight is 242 g/mol. The lowest BCUT2D eigenvalue weighted by molar-refractivity contribution is 0.211. The average Bonchev–Trinajstić information content (AvgIpc) is 2.16. The molecule has 0 radical (unpaired) electrons. The molecule has 1 aliphatic rings. The zero-order valence-corrected chi connectivity index (χ0v) is 10.4. The number of nitrogens with one attached hydrogen (secondary N) is 1. The van der Waals surface area contributed by atoms with E-state index in [0.29, 0.717) is 11.7 Å². The molecule has 0 atom stereocenters. The summed E-state index contributed by atoms with van der Waals surface area (Å²) in [5.41, 5.74) is 0.528. The number of anilines is 1. The van der Waals surface area contributed by atoms with E-state index in [-0.39, 0.29) is 10.8 Å². The van der Waals surface area contributed by atoms with Crippen molar-refractivity contribution in [3.05, 3.63) is 29.0 Å². The van der Waals surface area contributed by atoms with Gasteiger partial charge in [-0.15, -0.1) is 0 Å². The first-order valence-electron chi connectivity index (χ1n) is 5.78. The van der Waals surface area contributed by atoms with Crippen LogP contribution in [0.2, 0.25) is 5.02 Å². The van der Waals surface area contributed by atoms with Gasteiger partial charge >= 0.3 is 0 Å². The highest BCUT2D eigenvalue weighted by Crippen LogP contribution is 2.36. The van der Waals surface area contributed by atoms with Crippen molar-refractivity contribution in [2.75, 3.05) is 5.32 Å². The first kappa shape index (κ1) is 11.7. The molecule has 0 bridgehead atoms. The van der Waals surface area contributed by atoms with Crippen LogP contribution in [0.15, 0.2) is 18.2 Å². The van der Waals surface area contributed by atoms with Crippen molar-refractivity contribution < 1.29 is 4.39 Å². The second kappa shape index (κ2) is 4.62. The Morgan fingerprint density at radius 2 is 2.06 bits per heavy atom. The lowest BCUT2D eigenvalue weighted by Gasteiger charge is -2.39. The van der Waals surface area contributed by atoms with E-state index in [1.165, 1.54) is 0 Å². The predicted octanol–water partition coefficient (Wildman–Crippen LogP) is 4.33. The number of hydrogen-bond acceptors (Lipinski definition) is 1. The molecular weight excluding hydrogens is 225 g/mol. The van der Waals surface area contributed by atoms with E-state index >= 15 is 0 Å². The van der Waals surface area contributed by atoms with E-state index in [1.54, 1.807) is 18.2 Å². The van der Waals surface area contributed by atoms with Gasteiger partial charge in [0.15, 0.2) is 5.82 Å². The van der Waals surface area contributed by atoms with Crippen LogP contribution >= 0.6 is 11.6 Å². The number of rotatable bonds is 3. The molecule has 1 N–H and O–H groups in total. The minimum Gasteiger partial charge on any atom is -0.380 e. The van der Waals surface area contributed by atoms with Gasteiger partial charge in [0.1, 0.15) is 0 Å². The summed E-state index contributed by atoms with van der Waals surface area (Å²) in [6.45, 7) is 4.47. The fourth-order valence-electron chi connectivity index (χ4n) is 2.16. The van der Waals surface area contributed by atoms with Crippen molar-refractivity contribution >= 4 is 17.3 Å². The van der Waals surface area contributed by atoms with Gasteiger partial charge in [-0.25, -0.2) is 4.39 Å². The van der Waals surface area contributed by atoms with Gasteiger partial charge in [0.25, 0.3) is 0 Å². The molecule has 1 aromatic carbocycles. The molecule has 0 amide bonds. The van der Waals surface area contributed by atoms with E-state index < -0.39 is 0 Å². The van der Waals surface area contributed by atoms with E-state index in [2.05, 4.69) is 19.2 Å². The van der Waals surface area contributed by atoms with Crippen LogP contribution in [-0.4, -0.2) is 6.04 Å². The Morgan fingerprint density at radius 1 is 1.38 bits per heavy atom. The highest BCUT2D eigenvalue weighted by Gasteiger charge is 2.31. The van der Waals surface area contributed by atoms with Crippen LogP contribution in [0, 0.1) is 17.7 Å². The topological polar surface area (TPSA) is 12.0 Å². The van der Waals surface area contributed by atoms with Gasteiger partial charge < -0.3 is 5.32 Å². The van der Waals surface area contributed by atoms with Crippen molar-refractivity contribution in [3.63, 3.8) is 0 Å². The Morgan fingerprint density at radius 3 is 2.69 bits per heavy atom. The molecule has 0 aromatic heterocycles. The first-order chi connectivity index (χ1) is 7.58. The largest absolute Gasteiger partial charge is 0.380 e. The summed E-state index contributed by atoms with van der Waals surface area (Å²) in [5, 5.41) is 3.40. The van der Waals surface area contributed by atoms with Gasteiger partial charge in [-0.1, -0.05) is 31.5 Å². The summed E-state index contributed by atoms with van der Waals surface area (Å²) >= 11 is 5.72. The van der Waals surface area contributed by atoms with Crippen molar-refractivity contribution in [1.82, 2.24) is 0 Å². The van der Waals surface area contributed by atoms with Gasteiger partial charge in [-0.3, -0.25) is 0 Å². The van der Waals surface area contributed by atoms with E-state index in [1.807, 2.05) is 0 Å². The van der Waals surface area contributed by atoms with Crippen molar-refractivity contribution in [2.45, 2.75) is 32.7 Å². The molecule has 1 nitrogen and oxygen atoms in total. The van der Waals surface area contributed by atoms with Crippen LogP contribution in [0.1, 0.15) is 26.7 Å². The van der Waals surface area contributed by atoms with Gasteiger partial charge in [-0.2, -0.15) is 0 Å². The number of halogens is 2. The van der Waals surface area contributed by atoms with Gasteiger partial charge in [-0.05, 0) is 36.8 Å². The zero-order valence-electron chi connectivity index (χ0n) is 9.63. The molecule has 88 valence electrons. The summed E-state index contributed by atoms with van der Waals surface area (Å²) in [7, 11) is 0. The van der Waals surface area contributed by atoms with Gasteiger partial charge in [0.05, 0.1) is 10.7 Å². The maximum absolute atomic E-state index is 13.6. The van der Waals surface area contributed by atoms with Gasteiger partial charge in [0.2, 0.25) is 0 Å². The summed E-state index contributed by atoms with van der Waals surface area (Å²) in [5.74, 6) is 1.17. The summed E-state index contributed by atoms with van der Waals surface area (Å²) in [6.07, 6.45) is 2.26. The molecule has 0 heterocycles. The third-order valence-corrected chi connectivity index (χ3v) is 3.72. The standard InChI is InChI=1S/C13H17ClFN/c1-8(2)9-6-10(7-9)16-12-5-3-4-11(14)13(12)15/h3-5,8-10,16H,6-7H2,1-2H3. The first-order valence-corrected chi connectivity index (χ1v) is 6.16. The van der Waals surface area contributed by atoms with Crippen molar-refractivity contribution in [2.24, 2.45) is 11.8 Å². The van der Waals surface area contributed by atoms with Crippen molar-refractivity contribution in [1.29, 1.82) is 0 Å². The second-order valence-corrected chi connectivity index (χ2v) is 5.33. The minimum atomic E-state index is -0.336. The Hall–Kier alpha value is -0.760. The highest BCUT2D eigenvalue weighted by molar-refractivity contribution is 6.31. The minimum absolute atomic E-state index is 0.185. The molecular formula is C13H17ClFN. The smallest absolute Gasteiger partial charge is 0.164 e. The van der Waals surface area contributed by atoms with Crippen LogP contribution in [0.4, 0.5) is 10.1 Å². The Bertz CT molecular complexity index is 372. The molecule has 2 rings (SSSR count). The van der Waals surface area contributed by atoms with Crippen LogP contribution in [0.5, 0.6) is 0 Å². The van der Waals surface area contributed by atoms with Crippen LogP contribution in [-0.2, 0) is 0 Å². The number of hydrogen-bond donors (Lipinski definition) is 1. The molecule has 0 saturated heterocycles. The summed E-state index contributed by atoms with van der Waals surface area (Å²) in [6, 6.07) is 5.48. The lowest BCUT2D eigenvalue weighted by atomic mass is 9.73. The molecule has 16 heavy (non-hydrogen) atoms. The Balaban J connectivity index is 1.94. The fourth-order valence-corrected chi connectivity index (χ4v) is 2.33. The maximum Gasteiger partial charge on any atom is 0.164 e. The molecule has 3 heteroatoms. The number of benzene rings is 1. The van der Waals surface area contributed by atoms with Crippen molar-refractivity contribution in [3.8, 4) is 0 Å². The van der Waals surface area contributed by atoms with E-state index in [4.69, 9.17) is 11.6 Å². The molecule has 1 fully saturated rings. The normalized spacial score (nSPS) is 24.3. The lowest BCUT2D eigenvalue weighted by Crippen LogP contribution is -2.38. The van der Waals surface area contributed by atoms with E-state index in [9.17, 15) is 4.39 Å². The summed E-state index contributed by atoms with van der Waals surface area (Å²) in [4.78, 5) is 0. The quantitative estimate of drug-likeness (QED) is 0.831. The summed E-state index contributed by atoms with van der Waals surface area (Å²) < 4.78 is 13.6. The third-order valence-electron chi connectivity index (χ3n) is 3.43.